The number of anilines is 1. The van der Waals surface area contributed by atoms with Gasteiger partial charge in [-0.1, -0.05) is 34.1 Å². The standard InChI is InChI=1S/C15H27N3S/c1-5-12-7-8-18(10-12)15-17-13(6-2)14(19-15)9-16-11(3)4/h11-12,16H,5-10H2,1-4H3. The normalized spacial score (nSPS) is 19.6. The Morgan fingerprint density at radius 3 is 2.79 bits per heavy atom. The molecule has 1 atom stereocenters. The summed E-state index contributed by atoms with van der Waals surface area (Å²) in [5, 5.41) is 4.76. The predicted octanol–water partition coefficient (Wildman–Crippen LogP) is 3.44. The molecule has 2 heterocycles. The number of aryl methyl sites for hydroxylation is 1. The molecular formula is C15H27N3S. The first-order chi connectivity index (χ1) is 9.13. The lowest BCUT2D eigenvalue weighted by Gasteiger charge is -2.14. The second kappa shape index (κ2) is 6.71. The third-order valence-corrected chi connectivity index (χ3v) is 5.06. The van der Waals surface area contributed by atoms with Crippen LogP contribution < -0.4 is 10.2 Å². The summed E-state index contributed by atoms with van der Waals surface area (Å²) in [6.45, 7) is 12.2. The molecule has 3 nitrogen and oxygen atoms in total. The molecule has 1 fully saturated rings. The highest BCUT2D eigenvalue weighted by Gasteiger charge is 2.24. The predicted molar refractivity (Wildman–Crippen MR) is 84.1 cm³/mol. The summed E-state index contributed by atoms with van der Waals surface area (Å²) < 4.78 is 0. The highest BCUT2D eigenvalue weighted by molar-refractivity contribution is 7.15. The van der Waals surface area contributed by atoms with E-state index in [0.717, 1.165) is 18.9 Å². The Morgan fingerprint density at radius 1 is 1.42 bits per heavy atom. The van der Waals surface area contributed by atoms with Crippen LogP contribution in [0.15, 0.2) is 0 Å². The molecule has 0 amide bonds. The quantitative estimate of drug-likeness (QED) is 0.866. The zero-order valence-corrected chi connectivity index (χ0v) is 13.5. The van der Waals surface area contributed by atoms with E-state index in [0.29, 0.717) is 6.04 Å². The van der Waals surface area contributed by atoms with Gasteiger partial charge in [0.05, 0.1) is 5.69 Å². The first-order valence-corrected chi connectivity index (χ1v) is 8.42. The van der Waals surface area contributed by atoms with Crippen molar-refractivity contribution < 1.29 is 0 Å². The van der Waals surface area contributed by atoms with E-state index in [2.05, 4.69) is 37.9 Å². The maximum Gasteiger partial charge on any atom is 0.185 e. The van der Waals surface area contributed by atoms with Crippen LogP contribution in [0.1, 0.15) is 51.1 Å². The van der Waals surface area contributed by atoms with Gasteiger partial charge < -0.3 is 10.2 Å². The Labute approximate surface area is 121 Å². The van der Waals surface area contributed by atoms with E-state index in [1.165, 1.54) is 41.6 Å². The number of hydrogen-bond acceptors (Lipinski definition) is 4. The lowest BCUT2D eigenvalue weighted by Crippen LogP contribution is -2.21. The average Bonchev–Trinajstić information content (AvgIpc) is 3.02. The second-order valence-corrected chi connectivity index (χ2v) is 6.83. The van der Waals surface area contributed by atoms with Crippen molar-refractivity contribution in [2.45, 2.75) is 59.5 Å². The number of thiazole rings is 1. The molecule has 1 aromatic rings. The van der Waals surface area contributed by atoms with Crippen LogP contribution in [0.2, 0.25) is 0 Å². The molecule has 4 heteroatoms. The van der Waals surface area contributed by atoms with E-state index in [9.17, 15) is 0 Å². The van der Waals surface area contributed by atoms with Crippen molar-refractivity contribution in [1.29, 1.82) is 0 Å². The first kappa shape index (κ1) is 14.8. The molecule has 0 spiro atoms. The zero-order valence-electron chi connectivity index (χ0n) is 12.7. The van der Waals surface area contributed by atoms with Crippen LogP contribution >= 0.6 is 11.3 Å². The fourth-order valence-electron chi connectivity index (χ4n) is 2.56. The smallest absolute Gasteiger partial charge is 0.185 e. The maximum absolute atomic E-state index is 4.86. The highest BCUT2D eigenvalue weighted by atomic mass is 32.1. The number of hydrogen-bond donors (Lipinski definition) is 1. The summed E-state index contributed by atoms with van der Waals surface area (Å²) in [4.78, 5) is 8.77. The van der Waals surface area contributed by atoms with Crippen LogP contribution in [0.5, 0.6) is 0 Å². The monoisotopic (exact) mass is 281 g/mol. The van der Waals surface area contributed by atoms with Crippen molar-refractivity contribution in [3.05, 3.63) is 10.6 Å². The topological polar surface area (TPSA) is 28.2 Å². The van der Waals surface area contributed by atoms with E-state index in [1.54, 1.807) is 0 Å². The number of rotatable bonds is 6. The van der Waals surface area contributed by atoms with Crippen molar-refractivity contribution in [2.75, 3.05) is 18.0 Å². The molecule has 0 aliphatic carbocycles. The lowest BCUT2D eigenvalue weighted by atomic mass is 10.1. The summed E-state index contributed by atoms with van der Waals surface area (Å²) in [6, 6.07) is 0.534. The second-order valence-electron chi connectivity index (χ2n) is 5.76. The third kappa shape index (κ3) is 3.69. The zero-order chi connectivity index (χ0) is 13.8. The number of nitrogens with zero attached hydrogens (tertiary/aromatic N) is 2. The van der Waals surface area contributed by atoms with Crippen molar-refractivity contribution in [2.24, 2.45) is 5.92 Å². The van der Waals surface area contributed by atoms with E-state index < -0.39 is 0 Å². The molecule has 1 unspecified atom stereocenters. The van der Waals surface area contributed by atoms with Gasteiger partial charge in [-0.15, -0.1) is 11.3 Å². The minimum Gasteiger partial charge on any atom is -0.348 e. The van der Waals surface area contributed by atoms with Crippen LogP contribution in [0.3, 0.4) is 0 Å². The SMILES string of the molecule is CCc1nc(N2CCC(CC)C2)sc1CNC(C)C. The van der Waals surface area contributed by atoms with Gasteiger partial charge in [-0.2, -0.15) is 0 Å². The van der Waals surface area contributed by atoms with Crippen molar-refractivity contribution in [3.63, 3.8) is 0 Å². The first-order valence-electron chi connectivity index (χ1n) is 7.60. The fraction of sp³-hybridized carbons (Fsp3) is 0.800. The molecule has 19 heavy (non-hydrogen) atoms. The molecule has 0 aromatic carbocycles. The molecule has 1 N–H and O–H groups in total. The lowest BCUT2D eigenvalue weighted by molar-refractivity contribution is 0.569. The molecule has 0 bridgehead atoms. The van der Waals surface area contributed by atoms with Gasteiger partial charge in [-0.3, -0.25) is 0 Å². The van der Waals surface area contributed by atoms with Gasteiger partial charge in [-0.05, 0) is 18.8 Å². The molecular weight excluding hydrogens is 254 g/mol. The van der Waals surface area contributed by atoms with Crippen LogP contribution in [0, 0.1) is 5.92 Å². The van der Waals surface area contributed by atoms with Crippen LogP contribution in [0.4, 0.5) is 5.13 Å². The Bertz CT molecular complexity index is 400. The van der Waals surface area contributed by atoms with Gasteiger partial charge >= 0.3 is 0 Å². The molecule has 2 rings (SSSR count). The minimum atomic E-state index is 0.534. The Morgan fingerprint density at radius 2 is 2.21 bits per heavy atom. The van der Waals surface area contributed by atoms with Gasteiger partial charge in [0.15, 0.2) is 5.13 Å². The third-order valence-electron chi connectivity index (χ3n) is 3.91. The van der Waals surface area contributed by atoms with Crippen LogP contribution in [0.25, 0.3) is 0 Å². The van der Waals surface area contributed by atoms with Gasteiger partial charge in [0, 0.05) is 30.6 Å². The van der Waals surface area contributed by atoms with E-state index in [-0.39, 0.29) is 0 Å². The maximum atomic E-state index is 4.86. The Kier molecular flexibility index (Phi) is 5.22. The molecule has 0 saturated carbocycles. The molecule has 1 aliphatic rings. The van der Waals surface area contributed by atoms with E-state index >= 15 is 0 Å². The van der Waals surface area contributed by atoms with Gasteiger partial charge in [-0.25, -0.2) is 4.98 Å². The summed E-state index contributed by atoms with van der Waals surface area (Å²) in [5.74, 6) is 0.867. The molecule has 1 aliphatic heterocycles. The molecule has 1 saturated heterocycles. The van der Waals surface area contributed by atoms with Gasteiger partial charge in [0.2, 0.25) is 0 Å². The average molecular weight is 281 g/mol. The van der Waals surface area contributed by atoms with Gasteiger partial charge in [0.25, 0.3) is 0 Å². The largest absolute Gasteiger partial charge is 0.348 e. The molecule has 108 valence electrons. The highest BCUT2D eigenvalue weighted by Crippen LogP contribution is 2.31. The fourth-order valence-corrected chi connectivity index (χ4v) is 3.69. The molecule has 0 radical (unpaired) electrons. The summed E-state index contributed by atoms with van der Waals surface area (Å²) in [5.41, 5.74) is 1.29. The van der Waals surface area contributed by atoms with Crippen LogP contribution in [-0.2, 0) is 13.0 Å². The Balaban J connectivity index is 2.05. The van der Waals surface area contributed by atoms with Crippen molar-refractivity contribution in [1.82, 2.24) is 10.3 Å². The van der Waals surface area contributed by atoms with Gasteiger partial charge in [0.1, 0.15) is 0 Å². The van der Waals surface area contributed by atoms with E-state index in [4.69, 9.17) is 4.98 Å². The number of aromatic nitrogens is 1. The number of nitrogens with one attached hydrogen (secondary N) is 1. The summed E-state index contributed by atoms with van der Waals surface area (Å²) in [6.07, 6.45) is 3.66. The van der Waals surface area contributed by atoms with E-state index in [1.807, 2.05) is 11.3 Å². The van der Waals surface area contributed by atoms with Crippen molar-refractivity contribution in [3.8, 4) is 0 Å². The summed E-state index contributed by atoms with van der Waals surface area (Å²) in [7, 11) is 0. The molecule has 1 aromatic heterocycles. The van der Waals surface area contributed by atoms with Crippen LogP contribution in [-0.4, -0.2) is 24.1 Å². The van der Waals surface area contributed by atoms with Crippen molar-refractivity contribution >= 4 is 16.5 Å². The minimum absolute atomic E-state index is 0.534. The summed E-state index contributed by atoms with van der Waals surface area (Å²) >= 11 is 1.89. The Hall–Kier alpha value is -0.610.